The fourth-order valence-corrected chi connectivity index (χ4v) is 3.10. The maximum atomic E-state index is 6.04. The number of aryl methyl sites for hydroxylation is 1. The van der Waals surface area contributed by atoms with Crippen LogP contribution in [-0.4, -0.2) is 11.0 Å². The highest BCUT2D eigenvalue weighted by Crippen LogP contribution is 2.25. The Bertz CT molecular complexity index is 585. The highest BCUT2D eigenvalue weighted by Gasteiger charge is 2.08. The molecule has 0 saturated carbocycles. The van der Waals surface area contributed by atoms with Crippen LogP contribution in [0.15, 0.2) is 28.1 Å². The first-order valence-corrected chi connectivity index (χ1v) is 8.89. The SMILES string of the molecule is CCc1nc(COc2ccc(Br)c(CC(N)CC)c2)cs1. The van der Waals surface area contributed by atoms with E-state index in [-0.39, 0.29) is 6.04 Å². The molecule has 1 aromatic carbocycles. The molecule has 21 heavy (non-hydrogen) atoms. The minimum absolute atomic E-state index is 0.183. The Morgan fingerprint density at radius 2 is 2.19 bits per heavy atom. The van der Waals surface area contributed by atoms with E-state index in [1.165, 1.54) is 5.56 Å². The molecule has 1 heterocycles. The van der Waals surface area contributed by atoms with Crippen molar-refractivity contribution < 1.29 is 4.74 Å². The Morgan fingerprint density at radius 3 is 2.86 bits per heavy atom. The van der Waals surface area contributed by atoms with Gasteiger partial charge in [0.2, 0.25) is 0 Å². The zero-order chi connectivity index (χ0) is 15.2. The molecule has 0 aliphatic rings. The summed E-state index contributed by atoms with van der Waals surface area (Å²) in [5, 5.41) is 3.21. The molecule has 1 aromatic heterocycles. The summed E-state index contributed by atoms with van der Waals surface area (Å²) in [5.74, 6) is 0.863. The molecule has 0 spiro atoms. The molecule has 114 valence electrons. The van der Waals surface area contributed by atoms with Crippen molar-refractivity contribution in [1.82, 2.24) is 4.98 Å². The monoisotopic (exact) mass is 368 g/mol. The van der Waals surface area contributed by atoms with Crippen LogP contribution in [0.4, 0.5) is 0 Å². The Labute approximate surface area is 138 Å². The van der Waals surface area contributed by atoms with E-state index in [0.717, 1.165) is 40.2 Å². The maximum absolute atomic E-state index is 6.04. The minimum atomic E-state index is 0.183. The largest absolute Gasteiger partial charge is 0.487 e. The Hall–Kier alpha value is -0.910. The topological polar surface area (TPSA) is 48.1 Å². The van der Waals surface area contributed by atoms with E-state index in [0.29, 0.717) is 6.61 Å². The number of thiazole rings is 1. The van der Waals surface area contributed by atoms with Gasteiger partial charge >= 0.3 is 0 Å². The summed E-state index contributed by atoms with van der Waals surface area (Å²) in [5.41, 5.74) is 8.22. The molecular formula is C16H21BrN2OS. The second-order valence-corrected chi connectivity index (χ2v) is 6.80. The van der Waals surface area contributed by atoms with Crippen LogP contribution in [0.1, 0.15) is 36.5 Å². The first kappa shape index (κ1) is 16.5. The number of benzene rings is 1. The molecule has 0 amide bonds. The maximum Gasteiger partial charge on any atom is 0.131 e. The van der Waals surface area contributed by atoms with Gasteiger partial charge in [-0.2, -0.15) is 0 Å². The zero-order valence-electron chi connectivity index (χ0n) is 12.4. The fourth-order valence-electron chi connectivity index (χ4n) is 1.96. The van der Waals surface area contributed by atoms with Gasteiger partial charge in [0.05, 0.1) is 10.7 Å². The van der Waals surface area contributed by atoms with Crippen molar-refractivity contribution >= 4 is 27.3 Å². The summed E-state index contributed by atoms with van der Waals surface area (Å²) in [6, 6.07) is 6.23. The van der Waals surface area contributed by atoms with Crippen LogP contribution < -0.4 is 10.5 Å². The Morgan fingerprint density at radius 1 is 1.38 bits per heavy atom. The zero-order valence-corrected chi connectivity index (χ0v) is 14.8. The molecule has 0 radical (unpaired) electrons. The van der Waals surface area contributed by atoms with E-state index in [1.54, 1.807) is 11.3 Å². The van der Waals surface area contributed by atoms with E-state index < -0.39 is 0 Å². The average Bonchev–Trinajstić information content (AvgIpc) is 2.96. The number of nitrogens with zero attached hydrogens (tertiary/aromatic N) is 1. The summed E-state index contributed by atoms with van der Waals surface area (Å²) in [6.45, 7) is 4.73. The lowest BCUT2D eigenvalue weighted by Crippen LogP contribution is -2.21. The van der Waals surface area contributed by atoms with Crippen molar-refractivity contribution in [1.29, 1.82) is 0 Å². The first-order valence-electron chi connectivity index (χ1n) is 7.22. The van der Waals surface area contributed by atoms with E-state index in [2.05, 4.69) is 46.2 Å². The number of rotatable bonds is 7. The predicted octanol–water partition coefficient (Wildman–Crippen LogP) is 4.33. The number of hydrogen-bond donors (Lipinski definition) is 1. The Balaban J connectivity index is 2.01. The second-order valence-electron chi connectivity index (χ2n) is 5.00. The lowest BCUT2D eigenvalue weighted by atomic mass is 10.0. The van der Waals surface area contributed by atoms with Gasteiger partial charge in [-0.1, -0.05) is 29.8 Å². The van der Waals surface area contributed by atoms with Crippen LogP contribution in [0.25, 0.3) is 0 Å². The molecule has 0 bridgehead atoms. The molecule has 0 aliphatic heterocycles. The minimum Gasteiger partial charge on any atom is -0.487 e. The molecule has 1 unspecified atom stereocenters. The molecule has 3 nitrogen and oxygen atoms in total. The third kappa shape index (κ3) is 4.80. The third-order valence-electron chi connectivity index (χ3n) is 3.31. The quantitative estimate of drug-likeness (QED) is 0.790. The predicted molar refractivity (Wildman–Crippen MR) is 91.9 cm³/mol. The summed E-state index contributed by atoms with van der Waals surface area (Å²) < 4.78 is 6.93. The summed E-state index contributed by atoms with van der Waals surface area (Å²) in [7, 11) is 0. The van der Waals surface area contributed by atoms with Crippen LogP contribution in [0.2, 0.25) is 0 Å². The second kappa shape index (κ2) is 7.92. The van der Waals surface area contributed by atoms with Crippen molar-refractivity contribution in [3.63, 3.8) is 0 Å². The van der Waals surface area contributed by atoms with Gasteiger partial charge in [-0.15, -0.1) is 11.3 Å². The van der Waals surface area contributed by atoms with Crippen molar-refractivity contribution in [3.05, 3.63) is 44.3 Å². The van der Waals surface area contributed by atoms with Gasteiger partial charge in [-0.05, 0) is 43.0 Å². The first-order chi connectivity index (χ1) is 10.1. The molecule has 0 saturated heterocycles. The van der Waals surface area contributed by atoms with E-state index in [4.69, 9.17) is 10.5 Å². The van der Waals surface area contributed by atoms with Crippen LogP contribution in [0.3, 0.4) is 0 Å². The molecule has 2 aromatic rings. The van der Waals surface area contributed by atoms with Crippen LogP contribution >= 0.6 is 27.3 Å². The van der Waals surface area contributed by atoms with Crippen molar-refractivity contribution in [2.45, 2.75) is 45.8 Å². The number of hydrogen-bond acceptors (Lipinski definition) is 4. The number of halogens is 1. The van der Waals surface area contributed by atoms with Crippen molar-refractivity contribution in [2.75, 3.05) is 0 Å². The Kier molecular flexibility index (Phi) is 6.21. The van der Waals surface area contributed by atoms with Gasteiger partial charge in [0.15, 0.2) is 0 Å². The summed E-state index contributed by atoms with van der Waals surface area (Å²) >= 11 is 5.26. The van der Waals surface area contributed by atoms with Crippen LogP contribution in [0.5, 0.6) is 5.75 Å². The van der Waals surface area contributed by atoms with Crippen molar-refractivity contribution in [2.24, 2.45) is 5.73 Å². The van der Waals surface area contributed by atoms with Gasteiger partial charge in [-0.25, -0.2) is 4.98 Å². The molecule has 0 fully saturated rings. The molecule has 5 heteroatoms. The molecule has 2 rings (SSSR count). The summed E-state index contributed by atoms with van der Waals surface area (Å²) in [4.78, 5) is 4.51. The lowest BCUT2D eigenvalue weighted by molar-refractivity contribution is 0.301. The molecule has 1 atom stereocenters. The highest BCUT2D eigenvalue weighted by atomic mass is 79.9. The highest BCUT2D eigenvalue weighted by molar-refractivity contribution is 9.10. The van der Waals surface area contributed by atoms with Crippen molar-refractivity contribution in [3.8, 4) is 5.75 Å². The van der Waals surface area contributed by atoms with Gasteiger partial charge in [-0.3, -0.25) is 0 Å². The van der Waals surface area contributed by atoms with Crippen LogP contribution in [0, 0.1) is 0 Å². The smallest absolute Gasteiger partial charge is 0.131 e. The van der Waals surface area contributed by atoms with Crippen LogP contribution in [-0.2, 0) is 19.4 Å². The molecule has 2 N–H and O–H groups in total. The number of aromatic nitrogens is 1. The third-order valence-corrected chi connectivity index (χ3v) is 5.13. The lowest BCUT2D eigenvalue weighted by Gasteiger charge is -2.12. The van der Waals surface area contributed by atoms with Gasteiger partial charge < -0.3 is 10.5 Å². The van der Waals surface area contributed by atoms with E-state index in [9.17, 15) is 0 Å². The van der Waals surface area contributed by atoms with Gasteiger partial charge in [0.25, 0.3) is 0 Å². The molecule has 0 aliphatic carbocycles. The normalized spacial score (nSPS) is 12.4. The van der Waals surface area contributed by atoms with E-state index >= 15 is 0 Å². The summed E-state index contributed by atoms with van der Waals surface area (Å²) in [6.07, 6.45) is 2.79. The van der Waals surface area contributed by atoms with Gasteiger partial charge in [0, 0.05) is 15.9 Å². The molecular weight excluding hydrogens is 348 g/mol. The van der Waals surface area contributed by atoms with E-state index in [1.807, 2.05) is 12.1 Å². The number of nitrogens with two attached hydrogens (primary N) is 1. The fraction of sp³-hybridized carbons (Fsp3) is 0.438. The number of ether oxygens (including phenoxy) is 1. The average molecular weight is 369 g/mol. The van der Waals surface area contributed by atoms with Gasteiger partial charge in [0.1, 0.15) is 12.4 Å². The standard InChI is InChI=1S/C16H21BrN2OS/c1-3-12(18)7-11-8-14(5-6-15(11)17)20-9-13-10-21-16(4-2)19-13/h5-6,8,10,12H,3-4,7,9,18H2,1-2H3.